The first kappa shape index (κ1) is 14.4. The summed E-state index contributed by atoms with van der Waals surface area (Å²) in [5.74, 6) is 0.0578. The number of benzene rings is 1. The molecule has 0 saturated heterocycles. The molecule has 0 saturated carbocycles. The SMILES string of the molecule is COc1ccc(CN(C)CC(C)C(=N)N)cc1F. The van der Waals surface area contributed by atoms with Crippen molar-refractivity contribution in [2.45, 2.75) is 13.5 Å². The second-order valence-electron chi connectivity index (χ2n) is 4.52. The van der Waals surface area contributed by atoms with Crippen LogP contribution in [0.5, 0.6) is 5.75 Å². The molecule has 0 aliphatic heterocycles. The van der Waals surface area contributed by atoms with Gasteiger partial charge in [0.25, 0.3) is 0 Å². The van der Waals surface area contributed by atoms with Crippen molar-refractivity contribution in [1.82, 2.24) is 4.90 Å². The van der Waals surface area contributed by atoms with Crippen molar-refractivity contribution >= 4 is 5.84 Å². The van der Waals surface area contributed by atoms with Crippen molar-refractivity contribution < 1.29 is 9.13 Å². The summed E-state index contributed by atoms with van der Waals surface area (Å²) in [5, 5.41) is 7.34. The van der Waals surface area contributed by atoms with E-state index in [1.807, 2.05) is 24.9 Å². The maximum Gasteiger partial charge on any atom is 0.165 e. The molecule has 0 aromatic heterocycles. The lowest BCUT2D eigenvalue weighted by Gasteiger charge is -2.20. The highest BCUT2D eigenvalue weighted by molar-refractivity contribution is 5.79. The molecule has 0 radical (unpaired) electrons. The summed E-state index contributed by atoms with van der Waals surface area (Å²) in [6.07, 6.45) is 0. The van der Waals surface area contributed by atoms with Gasteiger partial charge < -0.3 is 15.4 Å². The second-order valence-corrected chi connectivity index (χ2v) is 4.52. The minimum Gasteiger partial charge on any atom is -0.494 e. The third-order valence-electron chi connectivity index (χ3n) is 2.79. The highest BCUT2D eigenvalue weighted by atomic mass is 19.1. The van der Waals surface area contributed by atoms with Crippen LogP contribution in [0.2, 0.25) is 0 Å². The Morgan fingerprint density at radius 1 is 1.56 bits per heavy atom. The van der Waals surface area contributed by atoms with Gasteiger partial charge in [0.15, 0.2) is 11.6 Å². The Morgan fingerprint density at radius 3 is 2.72 bits per heavy atom. The first-order chi connectivity index (χ1) is 8.43. The minimum absolute atomic E-state index is 0.00176. The van der Waals surface area contributed by atoms with Crippen LogP contribution in [0.25, 0.3) is 0 Å². The molecule has 1 rings (SSSR count). The van der Waals surface area contributed by atoms with Crippen molar-refractivity contribution in [3.8, 4) is 5.75 Å². The number of methoxy groups -OCH3 is 1. The number of ether oxygens (including phenoxy) is 1. The summed E-state index contributed by atoms with van der Waals surface area (Å²) in [6, 6.07) is 4.91. The van der Waals surface area contributed by atoms with Crippen molar-refractivity contribution in [1.29, 1.82) is 5.41 Å². The number of rotatable bonds is 6. The molecular formula is C13H20FN3O. The summed E-state index contributed by atoms with van der Waals surface area (Å²) < 4.78 is 18.4. The Balaban J connectivity index is 2.62. The van der Waals surface area contributed by atoms with Crippen molar-refractivity contribution in [2.24, 2.45) is 11.7 Å². The van der Waals surface area contributed by atoms with E-state index in [1.54, 1.807) is 6.07 Å². The Labute approximate surface area is 107 Å². The number of hydrogen-bond acceptors (Lipinski definition) is 3. The van der Waals surface area contributed by atoms with Gasteiger partial charge in [-0.15, -0.1) is 0 Å². The van der Waals surface area contributed by atoms with Crippen LogP contribution in [0.15, 0.2) is 18.2 Å². The number of nitrogens with one attached hydrogen (secondary N) is 1. The Morgan fingerprint density at radius 2 is 2.22 bits per heavy atom. The van der Waals surface area contributed by atoms with E-state index in [-0.39, 0.29) is 23.3 Å². The first-order valence-electron chi connectivity index (χ1n) is 5.79. The Kier molecular flexibility index (Phi) is 5.09. The van der Waals surface area contributed by atoms with Crippen molar-refractivity contribution in [3.63, 3.8) is 0 Å². The smallest absolute Gasteiger partial charge is 0.165 e. The quantitative estimate of drug-likeness (QED) is 0.600. The number of amidine groups is 1. The molecule has 0 heterocycles. The average molecular weight is 253 g/mol. The van der Waals surface area contributed by atoms with E-state index in [9.17, 15) is 4.39 Å². The van der Waals surface area contributed by atoms with Gasteiger partial charge in [0, 0.05) is 19.0 Å². The first-order valence-corrected chi connectivity index (χ1v) is 5.79. The van der Waals surface area contributed by atoms with E-state index in [4.69, 9.17) is 15.9 Å². The standard InChI is InChI=1S/C13H20FN3O/c1-9(13(15)16)7-17(2)8-10-4-5-12(18-3)11(14)6-10/h4-6,9H,7-8H2,1-3H3,(H3,15,16). The van der Waals surface area contributed by atoms with Gasteiger partial charge in [0.05, 0.1) is 12.9 Å². The topological polar surface area (TPSA) is 62.3 Å². The van der Waals surface area contributed by atoms with Gasteiger partial charge in [0.1, 0.15) is 0 Å². The van der Waals surface area contributed by atoms with E-state index in [0.29, 0.717) is 13.1 Å². The van der Waals surface area contributed by atoms with Crippen molar-refractivity contribution in [2.75, 3.05) is 20.7 Å². The number of nitrogens with zero attached hydrogens (tertiary/aromatic N) is 1. The molecule has 100 valence electrons. The molecular weight excluding hydrogens is 233 g/mol. The van der Waals surface area contributed by atoms with Crippen LogP contribution in [-0.4, -0.2) is 31.4 Å². The van der Waals surface area contributed by atoms with Gasteiger partial charge in [-0.1, -0.05) is 13.0 Å². The summed E-state index contributed by atoms with van der Waals surface area (Å²) in [5.41, 5.74) is 6.29. The van der Waals surface area contributed by atoms with Crippen LogP contribution in [0, 0.1) is 17.1 Å². The molecule has 3 N–H and O–H groups in total. The molecule has 0 aliphatic carbocycles. The fraction of sp³-hybridized carbons (Fsp3) is 0.462. The highest BCUT2D eigenvalue weighted by Gasteiger charge is 2.10. The number of hydrogen-bond donors (Lipinski definition) is 2. The zero-order valence-corrected chi connectivity index (χ0v) is 11.0. The van der Waals surface area contributed by atoms with Crippen LogP contribution < -0.4 is 10.5 Å². The lowest BCUT2D eigenvalue weighted by Crippen LogP contribution is -2.31. The summed E-state index contributed by atoms with van der Waals surface area (Å²) in [6.45, 7) is 3.18. The molecule has 0 fully saturated rings. The van der Waals surface area contributed by atoms with Crippen LogP contribution >= 0.6 is 0 Å². The largest absolute Gasteiger partial charge is 0.494 e. The summed E-state index contributed by atoms with van der Waals surface area (Å²) in [4.78, 5) is 2.01. The third kappa shape index (κ3) is 4.00. The van der Waals surface area contributed by atoms with Gasteiger partial charge >= 0.3 is 0 Å². The van der Waals surface area contributed by atoms with Crippen LogP contribution in [0.4, 0.5) is 4.39 Å². The molecule has 1 atom stereocenters. The zero-order chi connectivity index (χ0) is 13.7. The molecule has 18 heavy (non-hydrogen) atoms. The number of halogens is 1. The molecule has 4 nitrogen and oxygen atoms in total. The van der Waals surface area contributed by atoms with E-state index in [2.05, 4.69) is 0 Å². The normalized spacial score (nSPS) is 12.5. The molecule has 5 heteroatoms. The number of nitrogens with two attached hydrogens (primary N) is 1. The molecule has 0 amide bonds. The monoisotopic (exact) mass is 253 g/mol. The Hall–Kier alpha value is -1.62. The van der Waals surface area contributed by atoms with Gasteiger partial charge in [-0.25, -0.2) is 4.39 Å². The van der Waals surface area contributed by atoms with Crippen molar-refractivity contribution in [3.05, 3.63) is 29.6 Å². The van der Waals surface area contributed by atoms with Gasteiger partial charge in [-0.3, -0.25) is 5.41 Å². The second kappa shape index (κ2) is 6.35. The minimum atomic E-state index is -0.358. The van der Waals surface area contributed by atoms with Gasteiger partial charge in [-0.2, -0.15) is 0 Å². The fourth-order valence-corrected chi connectivity index (χ4v) is 1.75. The molecule has 1 unspecified atom stereocenters. The lowest BCUT2D eigenvalue weighted by atomic mass is 10.1. The zero-order valence-electron chi connectivity index (χ0n) is 11.0. The lowest BCUT2D eigenvalue weighted by molar-refractivity contribution is 0.305. The maximum absolute atomic E-state index is 13.5. The van der Waals surface area contributed by atoms with Gasteiger partial charge in [0.2, 0.25) is 0 Å². The predicted molar refractivity (Wildman–Crippen MR) is 70.4 cm³/mol. The average Bonchev–Trinajstić information content (AvgIpc) is 2.28. The van der Waals surface area contributed by atoms with Crippen LogP contribution in [-0.2, 0) is 6.54 Å². The van der Waals surface area contributed by atoms with E-state index < -0.39 is 0 Å². The fourth-order valence-electron chi connectivity index (χ4n) is 1.75. The Bertz CT molecular complexity index is 423. The van der Waals surface area contributed by atoms with Crippen LogP contribution in [0.3, 0.4) is 0 Å². The summed E-state index contributed by atoms with van der Waals surface area (Å²) in [7, 11) is 3.36. The molecule has 0 bridgehead atoms. The van der Waals surface area contributed by atoms with Crippen LogP contribution in [0.1, 0.15) is 12.5 Å². The van der Waals surface area contributed by atoms with E-state index >= 15 is 0 Å². The molecule has 1 aromatic rings. The highest BCUT2D eigenvalue weighted by Crippen LogP contribution is 2.18. The third-order valence-corrected chi connectivity index (χ3v) is 2.79. The molecule has 0 aliphatic rings. The van der Waals surface area contributed by atoms with Gasteiger partial charge in [-0.05, 0) is 24.7 Å². The van der Waals surface area contributed by atoms with E-state index in [1.165, 1.54) is 13.2 Å². The molecule has 1 aromatic carbocycles. The predicted octanol–water partition coefficient (Wildman–Crippen LogP) is 1.84. The molecule has 0 spiro atoms. The van der Waals surface area contributed by atoms with E-state index in [0.717, 1.165) is 5.56 Å². The maximum atomic E-state index is 13.5. The summed E-state index contributed by atoms with van der Waals surface area (Å²) >= 11 is 0.